The number of ether oxygens (including phenoxy) is 4. The number of amides is 2. The first kappa shape index (κ1) is 27.7. The molecule has 2 aromatic rings. The van der Waals surface area contributed by atoms with E-state index >= 15 is 0 Å². The topological polar surface area (TPSA) is 107 Å². The second-order valence-electron chi connectivity index (χ2n) is 7.57. The number of thiocarbonyl (C=S) groups is 1. The highest BCUT2D eigenvalue weighted by Crippen LogP contribution is 2.39. The number of carbonyl (C=O) groups is 2. The lowest BCUT2D eigenvalue weighted by Gasteiger charge is -2.17. The van der Waals surface area contributed by atoms with Crippen molar-refractivity contribution in [1.29, 1.82) is 0 Å². The summed E-state index contributed by atoms with van der Waals surface area (Å²) < 4.78 is 22.4. The number of benzene rings is 2. The fourth-order valence-electron chi connectivity index (χ4n) is 3.01. The van der Waals surface area contributed by atoms with Crippen LogP contribution in [0, 0.1) is 5.92 Å². The summed E-state index contributed by atoms with van der Waals surface area (Å²) in [4.78, 5) is 24.9. The molecule has 0 heterocycles. The molecule has 0 fully saturated rings. The molecule has 0 aliphatic rings. The van der Waals surface area contributed by atoms with Crippen LogP contribution in [-0.2, 0) is 4.79 Å². The highest BCUT2D eigenvalue weighted by molar-refractivity contribution is 7.80. The number of nitrogens with one attached hydrogen (secondary N) is 3. The number of hydrogen-bond acceptors (Lipinski definition) is 7. The average Bonchev–Trinajstić information content (AvgIpc) is 2.81. The Morgan fingerprint density at radius 1 is 0.886 bits per heavy atom. The molecule has 0 spiro atoms. The Kier molecular flexibility index (Phi) is 10.6. The molecule has 2 amide bonds. The van der Waals surface area contributed by atoms with Crippen LogP contribution in [0.1, 0.15) is 45.0 Å². The molecule has 9 nitrogen and oxygen atoms in total. The third kappa shape index (κ3) is 7.74. The van der Waals surface area contributed by atoms with Crippen LogP contribution < -0.4 is 34.9 Å². The summed E-state index contributed by atoms with van der Waals surface area (Å²) in [5.74, 6) is 0.980. The molecule has 0 unspecified atom stereocenters. The molecule has 0 saturated carbocycles. The predicted octanol–water partition coefficient (Wildman–Crippen LogP) is 4.61. The molecule has 0 aromatic heterocycles. The fourth-order valence-corrected chi connectivity index (χ4v) is 3.22. The lowest BCUT2D eigenvalue weighted by Crippen LogP contribution is -2.34. The molecular weight excluding hydrogens is 470 g/mol. The molecule has 2 aromatic carbocycles. The van der Waals surface area contributed by atoms with Crippen LogP contribution in [0.15, 0.2) is 30.3 Å². The Labute approximate surface area is 211 Å². The van der Waals surface area contributed by atoms with Gasteiger partial charge in [-0.3, -0.25) is 14.9 Å². The van der Waals surface area contributed by atoms with Gasteiger partial charge in [0, 0.05) is 23.2 Å². The Hall–Kier alpha value is -3.53. The largest absolute Gasteiger partial charge is 0.494 e. The van der Waals surface area contributed by atoms with Gasteiger partial charge in [-0.05, 0) is 57.3 Å². The summed E-state index contributed by atoms with van der Waals surface area (Å²) in [6.07, 6.45) is 0. The van der Waals surface area contributed by atoms with E-state index in [1.165, 1.54) is 7.11 Å². The third-order valence-electron chi connectivity index (χ3n) is 4.64. The summed E-state index contributed by atoms with van der Waals surface area (Å²) in [5.41, 5.74) is 1.41. The molecule has 0 aliphatic heterocycles. The lowest BCUT2D eigenvalue weighted by molar-refractivity contribution is -0.118. The van der Waals surface area contributed by atoms with Gasteiger partial charge >= 0.3 is 0 Å². The maximum Gasteiger partial charge on any atom is 0.257 e. The second kappa shape index (κ2) is 13.4. The van der Waals surface area contributed by atoms with Gasteiger partial charge in [-0.1, -0.05) is 13.8 Å². The number of anilines is 2. The first-order valence-electron chi connectivity index (χ1n) is 11.4. The van der Waals surface area contributed by atoms with Crippen molar-refractivity contribution in [3.8, 4) is 23.0 Å². The van der Waals surface area contributed by atoms with Gasteiger partial charge in [-0.25, -0.2) is 0 Å². The standard InChI is InChI=1S/C25H33N3O6S/c1-7-32-20-12-16(13-21(33-8-2)22(20)34-9-3)24(30)28-25(35)26-17-10-11-18(19(14-17)31-6)27-23(29)15(4)5/h10-15H,7-9H2,1-6H3,(H,27,29)(H2,26,28,30,35). The quantitative estimate of drug-likeness (QED) is 0.382. The van der Waals surface area contributed by atoms with Gasteiger partial charge in [0.25, 0.3) is 5.91 Å². The average molecular weight is 504 g/mol. The second-order valence-corrected chi connectivity index (χ2v) is 7.98. The zero-order valence-electron chi connectivity index (χ0n) is 20.9. The molecule has 2 rings (SSSR count). The molecule has 35 heavy (non-hydrogen) atoms. The van der Waals surface area contributed by atoms with Gasteiger partial charge in [0.2, 0.25) is 11.7 Å². The molecule has 0 bridgehead atoms. The zero-order valence-corrected chi connectivity index (χ0v) is 21.8. The highest BCUT2D eigenvalue weighted by Gasteiger charge is 2.19. The summed E-state index contributed by atoms with van der Waals surface area (Å²) in [6, 6.07) is 8.26. The van der Waals surface area contributed by atoms with E-state index in [9.17, 15) is 9.59 Å². The van der Waals surface area contributed by atoms with Gasteiger partial charge in [-0.2, -0.15) is 0 Å². The van der Waals surface area contributed by atoms with Gasteiger partial charge in [0.05, 0.1) is 32.6 Å². The van der Waals surface area contributed by atoms with E-state index in [0.717, 1.165) is 0 Å². The van der Waals surface area contributed by atoms with E-state index in [-0.39, 0.29) is 16.9 Å². The molecule has 0 aliphatic carbocycles. The van der Waals surface area contributed by atoms with Crippen LogP contribution in [0.2, 0.25) is 0 Å². The number of rotatable bonds is 11. The summed E-state index contributed by atoms with van der Waals surface area (Å²) in [7, 11) is 1.50. The normalized spacial score (nSPS) is 10.4. The Morgan fingerprint density at radius 3 is 2.00 bits per heavy atom. The van der Waals surface area contributed by atoms with E-state index in [1.54, 1.807) is 44.2 Å². The van der Waals surface area contributed by atoms with Crippen LogP contribution >= 0.6 is 12.2 Å². The summed E-state index contributed by atoms with van der Waals surface area (Å²) >= 11 is 5.32. The first-order valence-corrected chi connectivity index (χ1v) is 11.8. The van der Waals surface area contributed by atoms with Crippen molar-refractivity contribution in [1.82, 2.24) is 5.32 Å². The molecule has 0 atom stereocenters. The highest BCUT2D eigenvalue weighted by atomic mass is 32.1. The van der Waals surface area contributed by atoms with E-state index in [4.69, 9.17) is 31.2 Å². The first-order chi connectivity index (χ1) is 16.7. The minimum Gasteiger partial charge on any atom is -0.494 e. The van der Waals surface area contributed by atoms with E-state index in [0.29, 0.717) is 59.8 Å². The van der Waals surface area contributed by atoms with E-state index in [2.05, 4.69) is 16.0 Å². The maximum atomic E-state index is 12.9. The van der Waals surface area contributed by atoms with E-state index < -0.39 is 5.91 Å². The number of methoxy groups -OCH3 is 1. The fraction of sp³-hybridized carbons (Fsp3) is 0.400. The smallest absolute Gasteiger partial charge is 0.257 e. The number of hydrogen-bond donors (Lipinski definition) is 3. The zero-order chi connectivity index (χ0) is 26.0. The van der Waals surface area contributed by atoms with Crippen molar-refractivity contribution in [3.05, 3.63) is 35.9 Å². The molecular formula is C25H33N3O6S. The van der Waals surface area contributed by atoms with Gasteiger partial charge in [-0.15, -0.1) is 0 Å². The van der Waals surface area contributed by atoms with Crippen molar-refractivity contribution < 1.29 is 28.5 Å². The maximum absolute atomic E-state index is 12.9. The van der Waals surface area contributed by atoms with Crippen molar-refractivity contribution in [3.63, 3.8) is 0 Å². The monoisotopic (exact) mass is 503 g/mol. The molecule has 0 saturated heterocycles. The van der Waals surface area contributed by atoms with Gasteiger partial charge < -0.3 is 29.6 Å². The van der Waals surface area contributed by atoms with Crippen molar-refractivity contribution in [2.45, 2.75) is 34.6 Å². The van der Waals surface area contributed by atoms with Crippen LogP contribution in [0.4, 0.5) is 11.4 Å². The minimum atomic E-state index is -0.444. The number of carbonyl (C=O) groups excluding carboxylic acids is 2. The van der Waals surface area contributed by atoms with Crippen LogP contribution in [0.3, 0.4) is 0 Å². The lowest BCUT2D eigenvalue weighted by atomic mass is 10.1. The molecule has 190 valence electrons. The van der Waals surface area contributed by atoms with Gasteiger partial charge in [0.15, 0.2) is 16.6 Å². The molecule has 10 heteroatoms. The SMILES string of the molecule is CCOc1cc(C(=O)NC(=S)Nc2ccc(NC(=O)C(C)C)c(OC)c2)cc(OCC)c1OCC. The van der Waals surface area contributed by atoms with Gasteiger partial charge in [0.1, 0.15) is 5.75 Å². The Morgan fingerprint density at radius 2 is 1.49 bits per heavy atom. The van der Waals surface area contributed by atoms with Crippen molar-refractivity contribution in [2.24, 2.45) is 5.92 Å². The minimum absolute atomic E-state index is 0.0841. The Bertz CT molecular complexity index is 1030. The third-order valence-corrected chi connectivity index (χ3v) is 4.84. The van der Waals surface area contributed by atoms with Crippen LogP contribution in [0.25, 0.3) is 0 Å². The summed E-state index contributed by atoms with van der Waals surface area (Å²) in [6.45, 7) is 10.4. The summed E-state index contributed by atoms with van der Waals surface area (Å²) in [5, 5.41) is 8.50. The van der Waals surface area contributed by atoms with Crippen molar-refractivity contribution >= 4 is 40.5 Å². The van der Waals surface area contributed by atoms with Crippen LogP contribution in [0.5, 0.6) is 23.0 Å². The van der Waals surface area contributed by atoms with Crippen LogP contribution in [-0.4, -0.2) is 43.9 Å². The predicted molar refractivity (Wildman–Crippen MR) is 140 cm³/mol. The molecule has 0 radical (unpaired) electrons. The van der Waals surface area contributed by atoms with Crippen molar-refractivity contribution in [2.75, 3.05) is 37.6 Å². The Balaban J connectivity index is 2.18. The molecule has 3 N–H and O–H groups in total. The van der Waals surface area contributed by atoms with E-state index in [1.807, 2.05) is 20.8 Å².